The highest BCUT2D eigenvalue weighted by atomic mass is 19.4. The molecule has 3 rings (SSSR count). The number of hydrogen-bond acceptors (Lipinski definition) is 6. The largest absolute Gasteiger partial charge is 0.465 e. The maximum absolute atomic E-state index is 14.0. The second-order valence-electron chi connectivity index (χ2n) is 8.43. The van der Waals surface area contributed by atoms with E-state index in [0.717, 1.165) is 18.9 Å². The Morgan fingerprint density at radius 2 is 1.82 bits per heavy atom. The van der Waals surface area contributed by atoms with Crippen molar-refractivity contribution in [3.05, 3.63) is 46.8 Å². The summed E-state index contributed by atoms with van der Waals surface area (Å²) in [6.45, 7) is 7.80. The Kier molecular flexibility index (Phi) is 7.49. The van der Waals surface area contributed by atoms with Gasteiger partial charge in [-0.3, -0.25) is 4.79 Å². The van der Waals surface area contributed by atoms with Gasteiger partial charge in [-0.25, -0.2) is 9.79 Å². The highest BCUT2D eigenvalue weighted by Gasteiger charge is 2.47. The summed E-state index contributed by atoms with van der Waals surface area (Å²) in [5.74, 6) is -3.66. The molecule has 0 aromatic heterocycles. The number of nitrogens with zero attached hydrogens (tertiary/aromatic N) is 2. The van der Waals surface area contributed by atoms with E-state index in [-0.39, 0.29) is 23.6 Å². The van der Waals surface area contributed by atoms with Crippen molar-refractivity contribution in [3.63, 3.8) is 0 Å². The molecule has 1 aromatic carbocycles. The Morgan fingerprint density at radius 3 is 2.39 bits per heavy atom. The van der Waals surface area contributed by atoms with Crippen molar-refractivity contribution in [1.29, 1.82) is 0 Å². The van der Waals surface area contributed by atoms with Gasteiger partial charge in [0.25, 0.3) is 0 Å². The summed E-state index contributed by atoms with van der Waals surface area (Å²) >= 11 is 0. The molecule has 0 spiro atoms. The molecule has 0 saturated carbocycles. The monoisotopic (exact) mass is 466 g/mol. The van der Waals surface area contributed by atoms with Crippen LogP contribution < -0.4 is 0 Å². The molecule has 0 bridgehead atoms. The maximum Gasteiger partial charge on any atom is 0.416 e. The Labute approximate surface area is 191 Å². The molecule has 1 fully saturated rings. The van der Waals surface area contributed by atoms with E-state index < -0.39 is 41.6 Å². The number of rotatable bonds is 6. The first-order valence-electron chi connectivity index (χ1n) is 11.1. The van der Waals surface area contributed by atoms with Crippen LogP contribution in [0.15, 0.2) is 40.7 Å². The van der Waals surface area contributed by atoms with Gasteiger partial charge in [-0.2, -0.15) is 13.2 Å². The summed E-state index contributed by atoms with van der Waals surface area (Å²) in [5.41, 5.74) is -0.816. The fraction of sp³-hybridized carbons (Fsp3) is 0.542. The van der Waals surface area contributed by atoms with Gasteiger partial charge in [0, 0.05) is 24.7 Å². The number of halogens is 3. The van der Waals surface area contributed by atoms with Crippen molar-refractivity contribution in [2.45, 2.75) is 58.7 Å². The molecule has 2 aliphatic heterocycles. The van der Waals surface area contributed by atoms with Crippen LogP contribution in [0.2, 0.25) is 0 Å². The van der Waals surface area contributed by atoms with Crippen LogP contribution >= 0.6 is 0 Å². The van der Waals surface area contributed by atoms with Crippen molar-refractivity contribution in [1.82, 2.24) is 4.90 Å². The molecule has 0 N–H and O–H groups in total. The Balaban J connectivity index is 2.31. The van der Waals surface area contributed by atoms with Gasteiger partial charge in [-0.15, -0.1) is 0 Å². The number of aliphatic imine (C=N–C) groups is 1. The first kappa shape index (κ1) is 24.8. The molecule has 2 atom stereocenters. The zero-order chi connectivity index (χ0) is 24.3. The van der Waals surface area contributed by atoms with Crippen LogP contribution in [0.25, 0.3) is 0 Å². The summed E-state index contributed by atoms with van der Waals surface area (Å²) in [6.07, 6.45) is -3.44. The van der Waals surface area contributed by atoms with E-state index in [4.69, 9.17) is 9.47 Å². The molecular weight excluding hydrogens is 437 g/mol. The maximum atomic E-state index is 14.0. The van der Waals surface area contributed by atoms with Crippen LogP contribution in [0.3, 0.4) is 0 Å². The van der Waals surface area contributed by atoms with Crippen LogP contribution in [0.4, 0.5) is 13.2 Å². The third kappa shape index (κ3) is 5.23. The average Bonchev–Trinajstić information content (AvgIpc) is 3.26. The summed E-state index contributed by atoms with van der Waals surface area (Å²) in [6, 6.07) is 5.02. The predicted octanol–water partition coefficient (Wildman–Crippen LogP) is 4.70. The van der Waals surface area contributed by atoms with E-state index >= 15 is 0 Å². The van der Waals surface area contributed by atoms with Gasteiger partial charge >= 0.3 is 18.1 Å². The third-order valence-electron chi connectivity index (χ3n) is 5.73. The minimum atomic E-state index is -4.68. The van der Waals surface area contributed by atoms with Crippen molar-refractivity contribution in [2.24, 2.45) is 10.9 Å². The van der Waals surface area contributed by atoms with Crippen molar-refractivity contribution in [2.75, 3.05) is 19.7 Å². The molecule has 2 aliphatic rings. The first-order chi connectivity index (χ1) is 15.6. The van der Waals surface area contributed by atoms with E-state index in [0.29, 0.717) is 18.8 Å². The second kappa shape index (κ2) is 9.97. The fourth-order valence-electron chi connectivity index (χ4n) is 4.41. The number of ether oxygens (including phenoxy) is 2. The number of esters is 2. The minimum absolute atomic E-state index is 0.0362. The van der Waals surface area contributed by atoms with Crippen molar-refractivity contribution in [3.8, 4) is 0 Å². The number of carbonyl (C=O) groups is 2. The highest BCUT2D eigenvalue weighted by Crippen LogP contribution is 2.46. The lowest BCUT2D eigenvalue weighted by molar-refractivity contribution is -0.148. The van der Waals surface area contributed by atoms with Gasteiger partial charge in [0.15, 0.2) is 0 Å². The van der Waals surface area contributed by atoms with E-state index in [9.17, 15) is 22.8 Å². The summed E-state index contributed by atoms with van der Waals surface area (Å²) in [4.78, 5) is 32.8. The molecule has 0 amide bonds. The van der Waals surface area contributed by atoms with Gasteiger partial charge in [0.05, 0.1) is 23.8 Å². The molecule has 0 radical (unpaired) electrons. The Bertz CT molecular complexity index is 963. The first-order valence-corrected chi connectivity index (χ1v) is 11.1. The number of likely N-dealkylation sites (tertiary alicyclic amines) is 1. The van der Waals surface area contributed by atoms with Crippen molar-refractivity contribution < 1.29 is 32.2 Å². The SMILES string of the molecule is CCOC(=O)C1C(C)=NC(N2CCCC2)=C(C(=O)OC(C)C)C1c1ccccc1C(F)(F)F. The highest BCUT2D eigenvalue weighted by molar-refractivity contribution is 6.07. The minimum Gasteiger partial charge on any atom is -0.465 e. The average molecular weight is 467 g/mol. The quantitative estimate of drug-likeness (QED) is 0.569. The van der Waals surface area contributed by atoms with E-state index in [1.54, 1.807) is 27.7 Å². The Hall–Kier alpha value is -2.84. The molecule has 0 aliphatic carbocycles. The van der Waals surface area contributed by atoms with Crippen molar-refractivity contribution >= 4 is 17.7 Å². The lowest BCUT2D eigenvalue weighted by atomic mass is 9.74. The molecule has 1 saturated heterocycles. The zero-order valence-corrected chi connectivity index (χ0v) is 19.2. The summed E-state index contributed by atoms with van der Waals surface area (Å²) in [5, 5.41) is 0. The summed E-state index contributed by atoms with van der Waals surface area (Å²) < 4.78 is 52.7. The van der Waals surface area contributed by atoms with E-state index in [1.807, 2.05) is 4.90 Å². The lowest BCUT2D eigenvalue weighted by Crippen LogP contribution is -2.40. The standard InChI is InChI=1S/C24H29F3N2O4/c1-5-32-22(30)18-15(4)28-21(29-12-8-9-13-29)20(23(31)33-14(2)3)19(18)16-10-6-7-11-17(16)24(25,26)27/h6-7,10-11,14,18-19H,5,8-9,12-13H2,1-4H3. The zero-order valence-electron chi connectivity index (χ0n) is 19.2. The molecule has 1 aromatic rings. The molecule has 2 heterocycles. The number of hydrogen-bond donors (Lipinski definition) is 0. The predicted molar refractivity (Wildman–Crippen MR) is 116 cm³/mol. The third-order valence-corrected chi connectivity index (χ3v) is 5.73. The number of alkyl halides is 3. The van der Waals surface area contributed by atoms with Crippen LogP contribution in [0.1, 0.15) is 57.6 Å². The van der Waals surface area contributed by atoms with Gasteiger partial charge < -0.3 is 14.4 Å². The van der Waals surface area contributed by atoms with Gasteiger partial charge in [0.2, 0.25) is 0 Å². The van der Waals surface area contributed by atoms with Gasteiger partial charge in [0.1, 0.15) is 11.7 Å². The molecule has 2 unspecified atom stereocenters. The van der Waals surface area contributed by atoms with E-state index in [2.05, 4.69) is 4.99 Å². The van der Waals surface area contributed by atoms with Crippen LogP contribution in [-0.4, -0.2) is 48.4 Å². The molecule has 9 heteroatoms. The number of carbonyl (C=O) groups excluding carboxylic acids is 2. The van der Waals surface area contributed by atoms with Crippen LogP contribution in [0.5, 0.6) is 0 Å². The smallest absolute Gasteiger partial charge is 0.416 e. The van der Waals surface area contributed by atoms with Crippen LogP contribution in [0, 0.1) is 5.92 Å². The van der Waals surface area contributed by atoms with E-state index in [1.165, 1.54) is 18.2 Å². The molecule has 6 nitrogen and oxygen atoms in total. The van der Waals surface area contributed by atoms with Gasteiger partial charge in [-0.05, 0) is 52.2 Å². The summed E-state index contributed by atoms with van der Waals surface area (Å²) in [7, 11) is 0. The lowest BCUT2D eigenvalue weighted by Gasteiger charge is -2.36. The fourth-order valence-corrected chi connectivity index (χ4v) is 4.41. The van der Waals surface area contributed by atoms with Gasteiger partial charge in [-0.1, -0.05) is 18.2 Å². The molecule has 180 valence electrons. The van der Waals surface area contributed by atoms with Crippen LogP contribution in [-0.2, 0) is 25.2 Å². The molecular formula is C24H29F3N2O4. The second-order valence-corrected chi connectivity index (χ2v) is 8.43. The molecule has 33 heavy (non-hydrogen) atoms. The number of benzene rings is 1. The topological polar surface area (TPSA) is 68.2 Å². The normalized spacial score (nSPS) is 21.3. The Morgan fingerprint density at radius 1 is 1.18 bits per heavy atom.